The molecular formula is C12H16N4O3. The molecule has 0 bridgehead atoms. The lowest BCUT2D eigenvalue weighted by atomic mass is 10.2. The molecular weight excluding hydrogens is 248 g/mol. The highest BCUT2D eigenvalue weighted by Crippen LogP contribution is 1.95. The topological polar surface area (TPSA) is 88.6 Å². The van der Waals surface area contributed by atoms with Gasteiger partial charge in [0.25, 0.3) is 0 Å². The Morgan fingerprint density at radius 1 is 1.53 bits per heavy atom. The van der Waals surface area contributed by atoms with Crippen LogP contribution in [0.1, 0.15) is 13.3 Å². The van der Waals surface area contributed by atoms with Gasteiger partial charge in [0.1, 0.15) is 6.54 Å². The van der Waals surface area contributed by atoms with E-state index < -0.39 is 0 Å². The molecule has 0 aliphatic carbocycles. The summed E-state index contributed by atoms with van der Waals surface area (Å²) in [5.41, 5.74) is 0.136. The number of rotatable bonds is 5. The first-order chi connectivity index (χ1) is 9.15. The van der Waals surface area contributed by atoms with E-state index in [4.69, 9.17) is 5.11 Å². The Balaban J connectivity index is 2.15. The van der Waals surface area contributed by atoms with Crippen LogP contribution in [0.15, 0.2) is 29.2 Å². The van der Waals surface area contributed by atoms with Gasteiger partial charge in [-0.05, 0) is 18.6 Å². The van der Waals surface area contributed by atoms with E-state index in [0.717, 1.165) is 4.68 Å². The molecule has 19 heavy (non-hydrogen) atoms. The maximum Gasteiger partial charge on any atom is 0.350 e. The Bertz CT molecular complexity index is 627. The third kappa shape index (κ3) is 2.82. The van der Waals surface area contributed by atoms with Crippen LogP contribution < -0.4 is 11.0 Å². The molecule has 0 saturated heterocycles. The van der Waals surface area contributed by atoms with Gasteiger partial charge in [-0.25, -0.2) is 9.48 Å². The molecule has 2 N–H and O–H groups in total. The summed E-state index contributed by atoms with van der Waals surface area (Å²) in [5.74, 6) is -0.341. The average molecular weight is 264 g/mol. The molecule has 2 aromatic heterocycles. The molecule has 0 spiro atoms. The van der Waals surface area contributed by atoms with Crippen LogP contribution in [0.5, 0.6) is 0 Å². The van der Waals surface area contributed by atoms with E-state index in [2.05, 4.69) is 10.4 Å². The number of carbonyl (C=O) groups is 1. The highest BCUT2D eigenvalue weighted by atomic mass is 16.3. The number of aliphatic hydroxyl groups excluding tert-OH is 1. The molecule has 1 atom stereocenters. The fourth-order valence-electron chi connectivity index (χ4n) is 1.76. The molecule has 102 valence electrons. The van der Waals surface area contributed by atoms with Crippen molar-refractivity contribution >= 4 is 11.6 Å². The Morgan fingerprint density at radius 2 is 2.32 bits per heavy atom. The number of amides is 1. The molecule has 7 heteroatoms. The van der Waals surface area contributed by atoms with Crippen molar-refractivity contribution in [2.45, 2.75) is 25.9 Å². The molecule has 0 fully saturated rings. The number of aliphatic hydroxyl groups is 1. The van der Waals surface area contributed by atoms with Gasteiger partial charge in [0.15, 0.2) is 5.65 Å². The second kappa shape index (κ2) is 5.66. The van der Waals surface area contributed by atoms with Crippen molar-refractivity contribution in [3.63, 3.8) is 0 Å². The van der Waals surface area contributed by atoms with Gasteiger partial charge >= 0.3 is 5.69 Å². The van der Waals surface area contributed by atoms with Crippen molar-refractivity contribution in [1.29, 1.82) is 0 Å². The number of hydrogen-bond acceptors (Lipinski definition) is 4. The quantitative estimate of drug-likeness (QED) is 0.753. The van der Waals surface area contributed by atoms with E-state index >= 15 is 0 Å². The third-order valence-corrected chi connectivity index (χ3v) is 2.86. The predicted molar refractivity (Wildman–Crippen MR) is 68.8 cm³/mol. The summed E-state index contributed by atoms with van der Waals surface area (Å²) in [4.78, 5) is 23.7. The molecule has 0 aliphatic rings. The summed E-state index contributed by atoms with van der Waals surface area (Å²) in [7, 11) is 0. The second-order valence-electron chi connectivity index (χ2n) is 4.22. The minimum atomic E-state index is -0.359. The standard InChI is InChI=1S/C12H16N4O3/c1-2-9(8-17)13-11(18)7-16-12(19)15-6-4-3-5-10(15)14-16/h3-6,9,17H,2,7-8H2,1H3,(H,13,18)/t9-/m1/s1. The minimum absolute atomic E-state index is 0.123. The number of pyridine rings is 1. The van der Waals surface area contributed by atoms with Gasteiger partial charge in [-0.3, -0.25) is 9.20 Å². The van der Waals surface area contributed by atoms with Crippen LogP contribution in [-0.4, -0.2) is 37.8 Å². The number of aromatic nitrogens is 3. The molecule has 2 heterocycles. The van der Waals surface area contributed by atoms with Crippen LogP contribution in [-0.2, 0) is 11.3 Å². The highest BCUT2D eigenvalue weighted by molar-refractivity contribution is 5.76. The van der Waals surface area contributed by atoms with Gasteiger partial charge in [-0.1, -0.05) is 13.0 Å². The highest BCUT2D eigenvalue weighted by Gasteiger charge is 2.13. The van der Waals surface area contributed by atoms with E-state index in [1.165, 1.54) is 4.40 Å². The van der Waals surface area contributed by atoms with Crippen molar-refractivity contribution in [2.24, 2.45) is 0 Å². The third-order valence-electron chi connectivity index (χ3n) is 2.86. The molecule has 0 aliphatic heterocycles. The van der Waals surface area contributed by atoms with Crippen molar-refractivity contribution in [1.82, 2.24) is 19.5 Å². The van der Waals surface area contributed by atoms with E-state index in [1.807, 2.05) is 6.92 Å². The largest absolute Gasteiger partial charge is 0.394 e. The summed E-state index contributed by atoms with van der Waals surface area (Å²) in [6.45, 7) is 1.58. The summed E-state index contributed by atoms with van der Waals surface area (Å²) in [6.07, 6.45) is 2.23. The van der Waals surface area contributed by atoms with Gasteiger partial charge in [0.05, 0.1) is 12.6 Å². The lowest BCUT2D eigenvalue weighted by Crippen LogP contribution is -2.40. The molecule has 2 rings (SSSR count). The maximum absolute atomic E-state index is 11.9. The van der Waals surface area contributed by atoms with Crippen LogP contribution in [0.4, 0.5) is 0 Å². The molecule has 1 amide bonds. The van der Waals surface area contributed by atoms with Crippen molar-refractivity contribution in [2.75, 3.05) is 6.61 Å². The van der Waals surface area contributed by atoms with Gasteiger partial charge in [0.2, 0.25) is 5.91 Å². The van der Waals surface area contributed by atoms with Gasteiger partial charge in [-0.15, -0.1) is 5.10 Å². The van der Waals surface area contributed by atoms with Crippen LogP contribution in [0, 0.1) is 0 Å². The first-order valence-electron chi connectivity index (χ1n) is 6.10. The number of nitrogens with zero attached hydrogens (tertiary/aromatic N) is 3. The van der Waals surface area contributed by atoms with Crippen LogP contribution in [0.2, 0.25) is 0 Å². The smallest absolute Gasteiger partial charge is 0.350 e. The summed E-state index contributed by atoms with van der Waals surface area (Å²) in [6, 6.07) is 4.89. The summed E-state index contributed by atoms with van der Waals surface area (Å²) >= 11 is 0. The molecule has 0 aromatic carbocycles. The first kappa shape index (κ1) is 13.3. The second-order valence-corrected chi connectivity index (χ2v) is 4.22. The van der Waals surface area contributed by atoms with Crippen molar-refractivity contribution < 1.29 is 9.90 Å². The zero-order valence-corrected chi connectivity index (χ0v) is 10.6. The monoisotopic (exact) mass is 264 g/mol. The fourth-order valence-corrected chi connectivity index (χ4v) is 1.76. The summed E-state index contributed by atoms with van der Waals surface area (Å²) < 4.78 is 2.48. The van der Waals surface area contributed by atoms with E-state index in [1.54, 1.807) is 24.4 Å². The van der Waals surface area contributed by atoms with Gasteiger partial charge in [0, 0.05) is 6.20 Å². The number of carbonyl (C=O) groups excluding carboxylic acids is 1. The molecule has 0 radical (unpaired) electrons. The van der Waals surface area contributed by atoms with Crippen LogP contribution in [0.3, 0.4) is 0 Å². The van der Waals surface area contributed by atoms with Crippen molar-refractivity contribution in [3.8, 4) is 0 Å². The van der Waals surface area contributed by atoms with Gasteiger partial charge < -0.3 is 10.4 Å². The molecule has 7 nitrogen and oxygen atoms in total. The maximum atomic E-state index is 11.9. The van der Waals surface area contributed by atoms with Crippen LogP contribution >= 0.6 is 0 Å². The van der Waals surface area contributed by atoms with E-state index in [0.29, 0.717) is 12.1 Å². The minimum Gasteiger partial charge on any atom is -0.394 e. The average Bonchev–Trinajstić information content (AvgIpc) is 2.73. The van der Waals surface area contributed by atoms with Crippen LogP contribution in [0.25, 0.3) is 5.65 Å². The number of fused-ring (bicyclic) bond motifs is 1. The lowest BCUT2D eigenvalue weighted by Gasteiger charge is -2.13. The summed E-state index contributed by atoms with van der Waals surface area (Å²) in [5, 5.41) is 15.7. The fraction of sp³-hybridized carbons (Fsp3) is 0.417. The molecule has 0 saturated carbocycles. The predicted octanol–water partition coefficient (Wildman–Crippen LogP) is -0.617. The molecule has 2 aromatic rings. The Morgan fingerprint density at radius 3 is 2.95 bits per heavy atom. The van der Waals surface area contributed by atoms with E-state index in [-0.39, 0.29) is 30.8 Å². The van der Waals surface area contributed by atoms with Crippen molar-refractivity contribution in [3.05, 3.63) is 34.9 Å². The number of nitrogens with one attached hydrogen (secondary N) is 1. The number of hydrogen-bond donors (Lipinski definition) is 2. The molecule has 0 unspecified atom stereocenters. The normalized spacial score (nSPS) is 12.5. The van der Waals surface area contributed by atoms with E-state index in [9.17, 15) is 9.59 Å². The lowest BCUT2D eigenvalue weighted by molar-refractivity contribution is -0.122. The Hall–Kier alpha value is -2.15. The zero-order chi connectivity index (χ0) is 13.8. The Kier molecular flexibility index (Phi) is 3.96. The Labute approximate surface area is 109 Å². The zero-order valence-electron chi connectivity index (χ0n) is 10.6. The SMILES string of the molecule is CC[C@H](CO)NC(=O)Cn1nc2ccccn2c1=O. The van der Waals surface area contributed by atoms with Gasteiger partial charge in [-0.2, -0.15) is 0 Å². The first-order valence-corrected chi connectivity index (χ1v) is 6.10.